The van der Waals surface area contributed by atoms with Crippen molar-refractivity contribution in [3.05, 3.63) is 65.0 Å². The normalized spacial score (nSPS) is 17.5. The van der Waals surface area contributed by atoms with Crippen LogP contribution in [0.15, 0.2) is 58.0 Å². The molecule has 0 bridgehead atoms. The number of hydrogen-bond acceptors (Lipinski definition) is 7. The Hall–Kier alpha value is -3.22. The molecule has 34 heavy (non-hydrogen) atoms. The second-order valence-corrected chi connectivity index (χ2v) is 8.63. The third-order valence-corrected chi connectivity index (χ3v) is 6.23. The number of carbonyl (C=O) groups is 1. The number of pyridine rings is 1. The molecule has 0 aliphatic carbocycles. The van der Waals surface area contributed by atoms with Crippen molar-refractivity contribution < 1.29 is 27.5 Å². The summed E-state index contributed by atoms with van der Waals surface area (Å²) in [5, 5.41) is 20.3. The largest absolute Gasteiger partial charge is 0.490 e. The number of hydrogen-bond donors (Lipinski definition) is 1. The molecule has 1 fully saturated rings. The summed E-state index contributed by atoms with van der Waals surface area (Å²) in [7, 11) is 2.17. The molecule has 4 aromatic rings. The second-order valence-electron chi connectivity index (χ2n) is 7.85. The molecule has 180 valence electrons. The first kappa shape index (κ1) is 23.9. The van der Waals surface area contributed by atoms with Crippen molar-refractivity contribution in [2.45, 2.75) is 18.8 Å². The Labute approximate surface area is 196 Å². The number of carboxylic acid groups (broad SMARTS) is 1. The van der Waals surface area contributed by atoms with Crippen molar-refractivity contribution in [3.8, 4) is 11.1 Å². The van der Waals surface area contributed by atoms with Gasteiger partial charge in [0.1, 0.15) is 11.5 Å². The summed E-state index contributed by atoms with van der Waals surface area (Å²) in [6.45, 7) is 3.77. The van der Waals surface area contributed by atoms with Crippen LogP contribution in [0.4, 0.5) is 13.2 Å². The number of furan rings is 1. The zero-order chi connectivity index (χ0) is 24.3. The van der Waals surface area contributed by atoms with E-state index in [0.29, 0.717) is 0 Å². The van der Waals surface area contributed by atoms with E-state index in [9.17, 15) is 13.2 Å². The average molecular weight is 494 g/mol. The molecule has 0 spiro atoms. The van der Waals surface area contributed by atoms with E-state index in [0.717, 1.165) is 48.7 Å². The van der Waals surface area contributed by atoms with Crippen molar-refractivity contribution in [2.75, 3.05) is 26.7 Å². The molecule has 0 radical (unpaired) electrons. The van der Waals surface area contributed by atoms with Crippen molar-refractivity contribution in [2.24, 2.45) is 0 Å². The third kappa shape index (κ3) is 5.46. The number of alkyl halides is 3. The van der Waals surface area contributed by atoms with E-state index < -0.39 is 12.1 Å². The molecular formula is C22H22F3N5O3S. The summed E-state index contributed by atoms with van der Waals surface area (Å²) in [5.41, 5.74) is 4.50. The highest BCUT2D eigenvalue weighted by molar-refractivity contribution is 7.08. The van der Waals surface area contributed by atoms with E-state index in [-0.39, 0.29) is 6.04 Å². The molecule has 12 heteroatoms. The highest BCUT2D eigenvalue weighted by Gasteiger charge is 2.38. The first-order valence-electron chi connectivity index (χ1n) is 10.3. The number of likely N-dealkylation sites (N-methyl/N-ethyl adjacent to an activating group) is 1. The fourth-order valence-electron chi connectivity index (χ4n) is 3.74. The molecule has 0 amide bonds. The molecule has 5 rings (SSSR count). The minimum absolute atomic E-state index is 0.221. The fourth-order valence-corrected chi connectivity index (χ4v) is 4.41. The lowest BCUT2D eigenvalue weighted by Gasteiger charge is -2.38. The van der Waals surface area contributed by atoms with Gasteiger partial charge in [0.15, 0.2) is 0 Å². The predicted octanol–water partition coefficient (Wildman–Crippen LogP) is 4.17. The second kappa shape index (κ2) is 9.95. The van der Waals surface area contributed by atoms with Crippen LogP contribution in [0.1, 0.15) is 17.5 Å². The van der Waals surface area contributed by atoms with Crippen LogP contribution in [0.3, 0.4) is 0 Å². The molecule has 8 nitrogen and oxygen atoms in total. The van der Waals surface area contributed by atoms with Gasteiger partial charge in [0.2, 0.25) is 0 Å². The van der Waals surface area contributed by atoms with E-state index in [2.05, 4.69) is 62.3 Å². The van der Waals surface area contributed by atoms with E-state index in [1.807, 2.05) is 16.6 Å². The monoisotopic (exact) mass is 493 g/mol. The van der Waals surface area contributed by atoms with E-state index in [1.165, 1.54) is 5.56 Å². The lowest BCUT2D eigenvalue weighted by molar-refractivity contribution is -0.192. The Morgan fingerprint density at radius 1 is 1.24 bits per heavy atom. The average Bonchev–Trinajstić information content (AvgIpc) is 3.56. The zero-order valence-corrected chi connectivity index (χ0v) is 19.0. The topological polar surface area (TPSA) is 87.1 Å². The molecule has 1 atom stereocenters. The van der Waals surface area contributed by atoms with Gasteiger partial charge in [-0.25, -0.2) is 9.31 Å². The lowest BCUT2D eigenvalue weighted by Crippen LogP contribution is -2.46. The van der Waals surface area contributed by atoms with Crippen molar-refractivity contribution in [1.29, 1.82) is 0 Å². The zero-order valence-electron chi connectivity index (χ0n) is 18.1. The summed E-state index contributed by atoms with van der Waals surface area (Å²) in [6, 6.07) is 10.6. The summed E-state index contributed by atoms with van der Waals surface area (Å²) in [4.78, 5) is 13.7. The van der Waals surface area contributed by atoms with Crippen LogP contribution < -0.4 is 0 Å². The van der Waals surface area contributed by atoms with Crippen LogP contribution in [0, 0.1) is 0 Å². The first-order chi connectivity index (χ1) is 16.2. The number of thiophene rings is 1. The van der Waals surface area contributed by atoms with Crippen LogP contribution in [0.5, 0.6) is 0 Å². The predicted molar refractivity (Wildman–Crippen MR) is 119 cm³/mol. The Morgan fingerprint density at radius 2 is 2.03 bits per heavy atom. The molecule has 0 aromatic carbocycles. The highest BCUT2D eigenvalue weighted by Crippen LogP contribution is 2.29. The van der Waals surface area contributed by atoms with Gasteiger partial charge in [0.25, 0.3) is 0 Å². The minimum atomic E-state index is -5.08. The molecule has 4 aromatic heterocycles. The summed E-state index contributed by atoms with van der Waals surface area (Å²) in [6.07, 6.45) is -1.28. The Balaban J connectivity index is 0.000000344. The molecule has 1 N–H and O–H groups in total. The Morgan fingerprint density at radius 3 is 2.68 bits per heavy atom. The molecule has 1 unspecified atom stereocenters. The van der Waals surface area contributed by atoms with Crippen LogP contribution in [-0.2, 0) is 11.3 Å². The number of aromatic nitrogens is 3. The Bertz CT molecular complexity index is 1220. The number of fused-ring (bicyclic) bond motifs is 1. The molecule has 0 saturated carbocycles. The summed E-state index contributed by atoms with van der Waals surface area (Å²) >= 11 is 1.70. The summed E-state index contributed by atoms with van der Waals surface area (Å²) in [5.74, 6) is -1.75. The number of carboxylic acids is 1. The number of halogens is 3. The van der Waals surface area contributed by atoms with Crippen LogP contribution in [0.25, 0.3) is 16.6 Å². The Kier molecular flexibility index (Phi) is 7.00. The van der Waals surface area contributed by atoms with Gasteiger partial charge in [-0.1, -0.05) is 11.3 Å². The quantitative estimate of drug-likeness (QED) is 0.457. The van der Waals surface area contributed by atoms with E-state index >= 15 is 0 Å². The third-order valence-electron chi connectivity index (χ3n) is 5.54. The number of piperazine rings is 1. The standard InChI is InChI=1S/C20H21N5OS.C2HF3O2/c1-23-7-8-24(12-17-3-2-9-26-17)13-19(23)20-18-5-4-15(11-25(18)22-21-20)16-6-10-27-14-16;3-2(4,5)1(6)7/h2-6,9-11,14,19H,7-8,12-13H2,1H3;(H,6,7). The van der Waals surface area contributed by atoms with Gasteiger partial charge in [-0.05, 0) is 47.6 Å². The molecule has 1 aliphatic heterocycles. The van der Waals surface area contributed by atoms with Crippen molar-refractivity contribution >= 4 is 22.8 Å². The van der Waals surface area contributed by atoms with E-state index in [4.69, 9.17) is 14.3 Å². The van der Waals surface area contributed by atoms with E-state index in [1.54, 1.807) is 17.6 Å². The van der Waals surface area contributed by atoms with Gasteiger partial charge in [0.05, 0.1) is 24.4 Å². The molecule has 1 aliphatic rings. The number of nitrogens with zero attached hydrogens (tertiary/aromatic N) is 5. The lowest BCUT2D eigenvalue weighted by atomic mass is 10.1. The SMILES string of the molecule is CN1CCN(Cc2ccco2)CC1c1nnn2cc(-c3ccsc3)ccc12.O=C(O)C(F)(F)F. The minimum Gasteiger partial charge on any atom is -0.475 e. The fraction of sp³-hybridized carbons (Fsp3) is 0.318. The van der Waals surface area contributed by atoms with Gasteiger partial charge in [0, 0.05) is 31.4 Å². The molecule has 1 saturated heterocycles. The molecular weight excluding hydrogens is 471 g/mol. The van der Waals surface area contributed by atoms with Crippen LogP contribution >= 0.6 is 11.3 Å². The first-order valence-corrected chi connectivity index (χ1v) is 11.3. The van der Waals surface area contributed by atoms with Crippen molar-refractivity contribution in [3.63, 3.8) is 0 Å². The molecule has 5 heterocycles. The maximum Gasteiger partial charge on any atom is 0.490 e. The van der Waals surface area contributed by atoms with Crippen LogP contribution in [0.2, 0.25) is 0 Å². The summed E-state index contributed by atoms with van der Waals surface area (Å²) < 4.78 is 39.2. The van der Waals surface area contributed by atoms with Gasteiger partial charge in [-0.15, -0.1) is 5.10 Å². The van der Waals surface area contributed by atoms with Gasteiger partial charge in [-0.3, -0.25) is 9.80 Å². The smallest absolute Gasteiger partial charge is 0.475 e. The van der Waals surface area contributed by atoms with Gasteiger partial charge in [-0.2, -0.15) is 24.5 Å². The van der Waals surface area contributed by atoms with Gasteiger partial charge < -0.3 is 9.52 Å². The van der Waals surface area contributed by atoms with Gasteiger partial charge >= 0.3 is 12.1 Å². The highest BCUT2D eigenvalue weighted by atomic mass is 32.1. The maximum absolute atomic E-state index is 10.6. The van der Waals surface area contributed by atoms with Crippen LogP contribution in [-0.4, -0.2) is 68.6 Å². The number of aliphatic carboxylic acids is 1. The maximum atomic E-state index is 10.6. The van der Waals surface area contributed by atoms with Crippen molar-refractivity contribution in [1.82, 2.24) is 24.6 Å². The number of rotatable bonds is 4.